The summed E-state index contributed by atoms with van der Waals surface area (Å²) < 4.78 is 5.03. The van der Waals surface area contributed by atoms with E-state index in [9.17, 15) is 14.7 Å². The van der Waals surface area contributed by atoms with E-state index in [1.54, 1.807) is 0 Å². The van der Waals surface area contributed by atoms with Gasteiger partial charge in [0, 0.05) is 6.42 Å². The second kappa shape index (κ2) is 4.18. The number of hydrogen-bond acceptors (Lipinski definition) is 4. The van der Waals surface area contributed by atoms with Crippen LogP contribution in [0.1, 0.15) is 33.1 Å². The Morgan fingerprint density at radius 2 is 2.27 bits per heavy atom. The predicted molar refractivity (Wildman–Crippen MR) is 51.2 cm³/mol. The minimum Gasteiger partial charge on any atom is -0.481 e. The number of esters is 1. The molecule has 5 nitrogen and oxygen atoms in total. The van der Waals surface area contributed by atoms with Crippen LogP contribution in [-0.4, -0.2) is 33.9 Å². The first-order valence-corrected chi connectivity index (χ1v) is 4.96. The largest absolute Gasteiger partial charge is 0.481 e. The van der Waals surface area contributed by atoms with Crippen molar-refractivity contribution >= 4 is 11.9 Å². The third kappa shape index (κ3) is 3.20. The fraction of sp³-hybridized carbons (Fsp3) is 0.800. The molecule has 1 aliphatic heterocycles. The molecule has 2 unspecified atom stereocenters. The first kappa shape index (κ1) is 12.0. The van der Waals surface area contributed by atoms with Crippen molar-refractivity contribution in [1.29, 1.82) is 0 Å². The van der Waals surface area contributed by atoms with E-state index in [1.165, 1.54) is 0 Å². The molecule has 2 atom stereocenters. The first-order valence-electron chi connectivity index (χ1n) is 4.96. The van der Waals surface area contributed by atoms with Crippen LogP contribution in [0.5, 0.6) is 0 Å². The smallest absolute Gasteiger partial charge is 0.309 e. The highest BCUT2D eigenvalue weighted by molar-refractivity contribution is 5.75. The van der Waals surface area contributed by atoms with Crippen LogP contribution in [0, 0.1) is 5.92 Å². The summed E-state index contributed by atoms with van der Waals surface area (Å²) in [7, 11) is 0. The standard InChI is InChI=1S/C10H16O5/c1-6(2)7-3-10(14,4-8(11)12)5-9(13)15-7/h6-7,14H,3-5H2,1-2H3,(H,11,12). The Balaban J connectivity index is 2.73. The topological polar surface area (TPSA) is 83.8 Å². The zero-order valence-corrected chi connectivity index (χ0v) is 8.90. The van der Waals surface area contributed by atoms with Gasteiger partial charge in [-0.25, -0.2) is 0 Å². The molecular formula is C10H16O5. The van der Waals surface area contributed by atoms with Gasteiger partial charge in [-0.05, 0) is 5.92 Å². The summed E-state index contributed by atoms with van der Waals surface area (Å²) in [5.74, 6) is -1.55. The van der Waals surface area contributed by atoms with Crippen molar-refractivity contribution in [3.05, 3.63) is 0 Å². The van der Waals surface area contributed by atoms with Gasteiger partial charge in [-0.15, -0.1) is 0 Å². The Morgan fingerprint density at radius 3 is 2.73 bits per heavy atom. The molecule has 0 aliphatic carbocycles. The van der Waals surface area contributed by atoms with Gasteiger partial charge in [0.2, 0.25) is 0 Å². The molecule has 1 saturated heterocycles. The van der Waals surface area contributed by atoms with E-state index in [-0.39, 0.29) is 18.8 Å². The molecule has 1 rings (SSSR count). The van der Waals surface area contributed by atoms with E-state index >= 15 is 0 Å². The summed E-state index contributed by atoms with van der Waals surface area (Å²) in [6.45, 7) is 3.73. The maximum atomic E-state index is 11.2. The zero-order valence-electron chi connectivity index (χ0n) is 8.90. The molecule has 0 aromatic rings. The maximum absolute atomic E-state index is 11.2. The van der Waals surface area contributed by atoms with E-state index in [2.05, 4.69) is 0 Å². The number of ether oxygens (including phenoxy) is 1. The van der Waals surface area contributed by atoms with Crippen LogP contribution >= 0.6 is 0 Å². The second-order valence-electron chi connectivity index (χ2n) is 4.45. The predicted octanol–water partition coefficient (Wildman–Crippen LogP) is 0.554. The number of aliphatic carboxylic acids is 1. The van der Waals surface area contributed by atoms with Crippen molar-refractivity contribution in [2.45, 2.75) is 44.8 Å². The first-order chi connectivity index (χ1) is 6.82. The number of rotatable bonds is 3. The second-order valence-corrected chi connectivity index (χ2v) is 4.45. The lowest BCUT2D eigenvalue weighted by Gasteiger charge is -2.36. The van der Waals surface area contributed by atoms with Crippen molar-refractivity contribution in [3.63, 3.8) is 0 Å². The van der Waals surface area contributed by atoms with Crippen LogP contribution in [-0.2, 0) is 14.3 Å². The summed E-state index contributed by atoms with van der Waals surface area (Å²) in [5, 5.41) is 18.6. The van der Waals surface area contributed by atoms with Crippen LogP contribution in [0.15, 0.2) is 0 Å². The third-order valence-electron chi connectivity index (χ3n) is 2.56. The Bertz CT molecular complexity index is 269. The number of cyclic esters (lactones) is 1. The highest BCUT2D eigenvalue weighted by Gasteiger charge is 2.42. The molecule has 0 spiro atoms. The molecule has 0 bridgehead atoms. The van der Waals surface area contributed by atoms with Crippen LogP contribution < -0.4 is 0 Å². The van der Waals surface area contributed by atoms with Crippen molar-refractivity contribution in [2.75, 3.05) is 0 Å². The summed E-state index contributed by atoms with van der Waals surface area (Å²) in [4.78, 5) is 21.7. The molecule has 0 saturated carbocycles. The molecule has 0 aromatic carbocycles. The van der Waals surface area contributed by atoms with Crippen LogP contribution in [0.3, 0.4) is 0 Å². The molecule has 5 heteroatoms. The van der Waals surface area contributed by atoms with Gasteiger partial charge in [-0.3, -0.25) is 9.59 Å². The third-order valence-corrected chi connectivity index (χ3v) is 2.56. The zero-order chi connectivity index (χ0) is 11.6. The molecule has 86 valence electrons. The van der Waals surface area contributed by atoms with Crippen molar-refractivity contribution in [2.24, 2.45) is 5.92 Å². The van der Waals surface area contributed by atoms with Gasteiger partial charge in [-0.1, -0.05) is 13.8 Å². The van der Waals surface area contributed by atoms with Gasteiger partial charge in [0.15, 0.2) is 0 Å². The highest BCUT2D eigenvalue weighted by Crippen LogP contribution is 2.31. The minimum atomic E-state index is -1.45. The Morgan fingerprint density at radius 1 is 1.67 bits per heavy atom. The Kier molecular flexibility index (Phi) is 3.34. The molecule has 1 heterocycles. The van der Waals surface area contributed by atoms with Crippen LogP contribution in [0.25, 0.3) is 0 Å². The average Bonchev–Trinajstić information content (AvgIpc) is 1.98. The molecule has 1 aliphatic rings. The van der Waals surface area contributed by atoms with Crippen molar-refractivity contribution in [1.82, 2.24) is 0 Å². The van der Waals surface area contributed by atoms with E-state index in [0.29, 0.717) is 0 Å². The molecule has 0 amide bonds. The number of carboxylic acids is 1. The van der Waals surface area contributed by atoms with Gasteiger partial charge >= 0.3 is 11.9 Å². The van der Waals surface area contributed by atoms with Gasteiger partial charge in [0.25, 0.3) is 0 Å². The molecular weight excluding hydrogens is 200 g/mol. The average molecular weight is 216 g/mol. The molecule has 0 radical (unpaired) electrons. The normalized spacial score (nSPS) is 31.5. The SMILES string of the molecule is CC(C)C1CC(O)(CC(=O)O)CC(=O)O1. The number of hydrogen-bond donors (Lipinski definition) is 2. The van der Waals surface area contributed by atoms with E-state index in [0.717, 1.165) is 0 Å². The number of carbonyl (C=O) groups excluding carboxylic acids is 1. The van der Waals surface area contributed by atoms with Gasteiger partial charge in [0.05, 0.1) is 18.4 Å². The lowest BCUT2D eigenvalue weighted by Crippen LogP contribution is -2.46. The molecule has 0 aromatic heterocycles. The summed E-state index contributed by atoms with van der Waals surface area (Å²) in [5.41, 5.74) is -1.45. The lowest BCUT2D eigenvalue weighted by molar-refractivity contribution is -0.177. The number of carbonyl (C=O) groups is 2. The van der Waals surface area contributed by atoms with Crippen molar-refractivity contribution < 1.29 is 24.5 Å². The number of carboxylic acid groups (broad SMARTS) is 1. The number of aliphatic hydroxyl groups is 1. The van der Waals surface area contributed by atoms with E-state index < -0.39 is 30.1 Å². The molecule has 15 heavy (non-hydrogen) atoms. The molecule has 1 fully saturated rings. The van der Waals surface area contributed by atoms with Gasteiger partial charge < -0.3 is 14.9 Å². The fourth-order valence-electron chi connectivity index (χ4n) is 1.76. The van der Waals surface area contributed by atoms with E-state index in [4.69, 9.17) is 9.84 Å². The fourth-order valence-corrected chi connectivity index (χ4v) is 1.76. The minimum absolute atomic E-state index is 0.0783. The van der Waals surface area contributed by atoms with E-state index in [1.807, 2.05) is 13.8 Å². The summed E-state index contributed by atoms with van der Waals surface area (Å²) in [6, 6.07) is 0. The summed E-state index contributed by atoms with van der Waals surface area (Å²) >= 11 is 0. The van der Waals surface area contributed by atoms with Crippen LogP contribution in [0.2, 0.25) is 0 Å². The molecule has 2 N–H and O–H groups in total. The van der Waals surface area contributed by atoms with Gasteiger partial charge in [0.1, 0.15) is 6.10 Å². The summed E-state index contributed by atoms with van der Waals surface area (Å²) in [6.07, 6.45) is -0.841. The maximum Gasteiger partial charge on any atom is 0.309 e. The van der Waals surface area contributed by atoms with Crippen LogP contribution in [0.4, 0.5) is 0 Å². The Labute approximate surface area is 88.0 Å². The lowest BCUT2D eigenvalue weighted by atomic mass is 9.84. The van der Waals surface area contributed by atoms with Crippen molar-refractivity contribution in [3.8, 4) is 0 Å². The monoisotopic (exact) mass is 216 g/mol. The highest BCUT2D eigenvalue weighted by atomic mass is 16.5. The quantitative estimate of drug-likeness (QED) is 0.673. The van der Waals surface area contributed by atoms with Gasteiger partial charge in [-0.2, -0.15) is 0 Å². The Hall–Kier alpha value is -1.10.